The Hall–Kier alpha value is -3.00. The van der Waals surface area contributed by atoms with E-state index in [-0.39, 0.29) is 28.6 Å². The predicted octanol–water partition coefficient (Wildman–Crippen LogP) is -0.647. The number of hydrogen-bond acceptors (Lipinski definition) is 5. The van der Waals surface area contributed by atoms with E-state index in [1.807, 2.05) is 0 Å². The molecule has 0 saturated carbocycles. The summed E-state index contributed by atoms with van der Waals surface area (Å²) in [4.78, 5) is 45.4. The highest BCUT2D eigenvalue weighted by molar-refractivity contribution is 6.30. The zero-order valence-electron chi connectivity index (χ0n) is 11.6. The van der Waals surface area contributed by atoms with E-state index < -0.39 is 17.4 Å². The van der Waals surface area contributed by atoms with Crippen LogP contribution >= 0.6 is 11.6 Å². The minimum atomic E-state index is -0.850. The van der Waals surface area contributed by atoms with Crippen molar-refractivity contribution >= 4 is 40.6 Å². The number of nitrogens with zero attached hydrogens (tertiary/aromatic N) is 2. The minimum absolute atomic E-state index is 0.0679. The highest BCUT2D eigenvalue weighted by Gasteiger charge is 2.20. The lowest BCUT2D eigenvalue weighted by Crippen LogP contribution is -2.49. The predicted molar refractivity (Wildman–Crippen MR) is 82.6 cm³/mol. The number of carbonyl (C=O) groups excluding carboxylic acids is 2. The van der Waals surface area contributed by atoms with Gasteiger partial charge in [-0.15, -0.1) is 0 Å². The number of benzene rings is 1. The summed E-state index contributed by atoms with van der Waals surface area (Å²) in [5.41, 5.74) is 4.96. The molecule has 0 radical (unpaired) electrons. The van der Waals surface area contributed by atoms with Gasteiger partial charge in [-0.1, -0.05) is 17.7 Å². The van der Waals surface area contributed by atoms with Crippen molar-refractivity contribution in [3.8, 4) is 0 Å². The first-order valence-corrected chi connectivity index (χ1v) is 6.89. The zero-order chi connectivity index (χ0) is 16.6. The van der Waals surface area contributed by atoms with Crippen LogP contribution in [0.25, 0.3) is 5.57 Å². The molecule has 0 saturated heterocycles. The van der Waals surface area contributed by atoms with E-state index in [1.165, 1.54) is 0 Å². The first-order chi connectivity index (χ1) is 10.9. The van der Waals surface area contributed by atoms with Gasteiger partial charge < -0.3 is 11.1 Å². The second-order valence-electron chi connectivity index (χ2n) is 4.77. The number of fused-ring (bicyclic) bond motifs is 1. The van der Waals surface area contributed by atoms with Crippen LogP contribution in [0.15, 0.2) is 34.1 Å². The highest BCUT2D eigenvalue weighted by atomic mass is 35.5. The van der Waals surface area contributed by atoms with Crippen LogP contribution in [0.3, 0.4) is 0 Å². The lowest BCUT2D eigenvalue weighted by atomic mass is 10.1. The van der Waals surface area contributed by atoms with Gasteiger partial charge in [-0.25, -0.2) is 0 Å². The number of nitrogens with one attached hydrogen (secondary N) is 2. The molecule has 4 N–H and O–H groups in total. The Balaban J connectivity index is 2.16. The van der Waals surface area contributed by atoms with E-state index in [9.17, 15) is 14.4 Å². The van der Waals surface area contributed by atoms with Crippen LogP contribution in [0.5, 0.6) is 0 Å². The molecule has 2 aromatic rings. The molecular weight excluding hydrogens is 322 g/mol. The third-order valence-corrected chi connectivity index (χ3v) is 3.38. The second-order valence-corrected chi connectivity index (χ2v) is 5.21. The van der Waals surface area contributed by atoms with Gasteiger partial charge in [0.1, 0.15) is 0 Å². The van der Waals surface area contributed by atoms with Crippen molar-refractivity contribution in [1.82, 2.24) is 9.97 Å². The first-order valence-electron chi connectivity index (χ1n) is 6.51. The standard InChI is InChI=1S/C14H10ClN5O3/c15-6-2-1-3-7(4-6)17-14-19-12-10(13(23)20-14)8(11(16)22)5-9(21)18-12/h1-4H,5H2,(H2,16,22)(H2,17,18,19,20,21,23). The molecular formula is C14H10ClN5O3. The molecule has 23 heavy (non-hydrogen) atoms. The first kappa shape index (κ1) is 14.9. The molecule has 0 fully saturated rings. The summed E-state index contributed by atoms with van der Waals surface area (Å²) in [5.74, 6) is -1.37. The number of aromatic amines is 1. The lowest BCUT2D eigenvalue weighted by Gasteiger charge is -2.08. The maximum atomic E-state index is 12.2. The summed E-state index contributed by atoms with van der Waals surface area (Å²) in [6.07, 6.45) is -0.311. The summed E-state index contributed by atoms with van der Waals surface area (Å²) in [6.45, 7) is 0. The molecule has 1 aromatic heterocycles. The molecule has 0 aliphatic carbocycles. The van der Waals surface area contributed by atoms with Gasteiger partial charge in [0, 0.05) is 16.3 Å². The van der Waals surface area contributed by atoms with Gasteiger partial charge in [-0.3, -0.25) is 19.4 Å². The van der Waals surface area contributed by atoms with Gasteiger partial charge in [0.25, 0.3) is 11.5 Å². The van der Waals surface area contributed by atoms with Crippen LogP contribution in [-0.4, -0.2) is 21.8 Å². The van der Waals surface area contributed by atoms with Crippen molar-refractivity contribution in [2.45, 2.75) is 6.42 Å². The van der Waals surface area contributed by atoms with E-state index in [0.717, 1.165) is 0 Å². The molecule has 1 aliphatic heterocycles. The number of amides is 2. The molecule has 0 atom stereocenters. The smallest absolute Gasteiger partial charge is 0.262 e. The molecule has 3 rings (SSSR count). The largest absolute Gasteiger partial charge is 0.366 e. The summed E-state index contributed by atoms with van der Waals surface area (Å²) in [5, 5.41) is 3.27. The molecule has 2 heterocycles. The van der Waals surface area contributed by atoms with Crippen LogP contribution in [0.1, 0.15) is 6.42 Å². The summed E-state index contributed by atoms with van der Waals surface area (Å²) in [6, 6.07) is 6.75. The van der Waals surface area contributed by atoms with Gasteiger partial charge in [0.05, 0.1) is 11.6 Å². The summed E-state index contributed by atoms with van der Waals surface area (Å²) < 4.78 is 0. The normalized spacial score (nSPS) is 13.3. The number of halogens is 1. The van der Waals surface area contributed by atoms with Crippen molar-refractivity contribution in [3.05, 3.63) is 50.3 Å². The van der Waals surface area contributed by atoms with Crippen molar-refractivity contribution < 1.29 is 9.59 Å². The quantitative estimate of drug-likeness (QED) is 0.688. The summed E-state index contributed by atoms with van der Waals surface area (Å²) in [7, 11) is 0. The van der Waals surface area contributed by atoms with Crippen molar-refractivity contribution in [2.24, 2.45) is 10.7 Å². The van der Waals surface area contributed by atoms with Crippen LogP contribution in [0, 0.1) is 0 Å². The maximum absolute atomic E-state index is 12.2. The van der Waals surface area contributed by atoms with E-state index in [2.05, 4.69) is 20.3 Å². The minimum Gasteiger partial charge on any atom is -0.366 e. The molecule has 8 nitrogen and oxygen atoms in total. The molecule has 1 aromatic carbocycles. The topological polar surface area (TPSA) is 130 Å². The van der Waals surface area contributed by atoms with Gasteiger partial charge in [-0.05, 0) is 18.2 Å². The van der Waals surface area contributed by atoms with E-state index in [0.29, 0.717) is 10.7 Å². The number of aromatic nitrogens is 2. The molecule has 116 valence electrons. The third-order valence-electron chi connectivity index (χ3n) is 3.15. The Morgan fingerprint density at radius 2 is 2.13 bits per heavy atom. The Morgan fingerprint density at radius 1 is 1.35 bits per heavy atom. The van der Waals surface area contributed by atoms with Crippen molar-refractivity contribution in [2.75, 3.05) is 5.32 Å². The monoisotopic (exact) mass is 331 g/mol. The molecule has 2 amide bonds. The van der Waals surface area contributed by atoms with E-state index in [1.54, 1.807) is 24.3 Å². The number of rotatable bonds is 3. The Bertz CT molecular complexity index is 1010. The average molecular weight is 332 g/mol. The van der Waals surface area contributed by atoms with E-state index >= 15 is 0 Å². The Labute approximate surface area is 133 Å². The average Bonchev–Trinajstić information content (AvgIpc) is 2.45. The third kappa shape index (κ3) is 2.97. The van der Waals surface area contributed by atoms with Crippen molar-refractivity contribution in [1.29, 1.82) is 0 Å². The molecule has 1 aliphatic rings. The van der Waals surface area contributed by atoms with Crippen LogP contribution in [0.2, 0.25) is 5.02 Å². The maximum Gasteiger partial charge on any atom is 0.262 e. The van der Waals surface area contributed by atoms with Crippen LogP contribution in [-0.2, 0) is 9.59 Å². The molecule has 0 bridgehead atoms. The Morgan fingerprint density at radius 3 is 2.83 bits per heavy atom. The fraction of sp³-hybridized carbons (Fsp3) is 0.0714. The lowest BCUT2D eigenvalue weighted by molar-refractivity contribution is -0.119. The fourth-order valence-corrected chi connectivity index (χ4v) is 2.37. The number of H-pyrrole nitrogens is 1. The Kier molecular flexibility index (Phi) is 3.67. The molecule has 0 spiro atoms. The molecule has 9 heteroatoms. The highest BCUT2D eigenvalue weighted by Crippen LogP contribution is 2.16. The number of nitrogens with two attached hydrogens (primary N) is 1. The van der Waals surface area contributed by atoms with E-state index in [4.69, 9.17) is 17.3 Å². The summed E-state index contributed by atoms with van der Waals surface area (Å²) >= 11 is 5.88. The molecule has 0 unspecified atom stereocenters. The van der Waals surface area contributed by atoms with Gasteiger partial charge in [0.15, 0.2) is 5.49 Å². The fourth-order valence-electron chi connectivity index (χ4n) is 2.18. The van der Waals surface area contributed by atoms with Crippen molar-refractivity contribution in [3.63, 3.8) is 0 Å². The number of carbonyl (C=O) groups is 2. The van der Waals surface area contributed by atoms with Crippen LogP contribution in [0.4, 0.5) is 11.6 Å². The number of anilines is 2. The number of primary amides is 1. The zero-order valence-corrected chi connectivity index (χ0v) is 12.3. The second kappa shape index (κ2) is 5.65. The van der Waals surface area contributed by atoms with Gasteiger partial charge in [0.2, 0.25) is 11.9 Å². The SMILES string of the molecule is NC(=O)C1=c2c(nc(Nc3cccc(Cl)c3)[nH]c2=O)=NC(=O)C1. The van der Waals surface area contributed by atoms with Gasteiger partial charge in [-0.2, -0.15) is 9.98 Å². The number of hydrogen-bond donors (Lipinski definition) is 3. The van der Waals surface area contributed by atoms with Gasteiger partial charge >= 0.3 is 0 Å². The van der Waals surface area contributed by atoms with Crippen LogP contribution < -0.4 is 27.3 Å².